The van der Waals surface area contributed by atoms with Gasteiger partial charge in [0.2, 0.25) is 5.79 Å². The number of piperidine rings is 1. The highest BCUT2D eigenvalue weighted by Gasteiger charge is 2.58. The fourth-order valence-electron chi connectivity index (χ4n) is 4.07. The van der Waals surface area contributed by atoms with Gasteiger partial charge in [-0.15, -0.1) is 0 Å². The van der Waals surface area contributed by atoms with Crippen LogP contribution in [0.5, 0.6) is 5.75 Å². The second-order valence-electron chi connectivity index (χ2n) is 7.52. The molecule has 0 radical (unpaired) electrons. The Morgan fingerprint density at radius 3 is 2.59 bits per heavy atom. The van der Waals surface area contributed by atoms with Crippen molar-refractivity contribution in [2.24, 2.45) is 5.92 Å². The average molecular weight is 303 g/mol. The highest BCUT2D eigenvalue weighted by molar-refractivity contribution is 5.35. The molecule has 1 aromatic carbocycles. The van der Waals surface area contributed by atoms with E-state index in [1.54, 1.807) is 0 Å². The van der Waals surface area contributed by atoms with Crippen LogP contribution in [0.1, 0.15) is 59.4 Å². The molecule has 3 rings (SSSR count). The van der Waals surface area contributed by atoms with Gasteiger partial charge in [-0.1, -0.05) is 39.0 Å². The summed E-state index contributed by atoms with van der Waals surface area (Å²) < 4.78 is 12.9. The monoisotopic (exact) mass is 303 g/mol. The van der Waals surface area contributed by atoms with Gasteiger partial charge in [-0.05, 0) is 32.8 Å². The first-order valence-electron chi connectivity index (χ1n) is 8.57. The van der Waals surface area contributed by atoms with E-state index in [1.165, 1.54) is 0 Å². The SMILES string of the molecule is CCC1(C)CC2(OCc3ccccc3O2)C(C)C(C)(CC)N1. The van der Waals surface area contributed by atoms with Crippen molar-refractivity contribution >= 4 is 0 Å². The Morgan fingerprint density at radius 1 is 1.18 bits per heavy atom. The predicted octanol–water partition coefficient (Wildman–Crippen LogP) is 4.26. The third-order valence-electron chi connectivity index (χ3n) is 6.08. The Morgan fingerprint density at radius 2 is 1.91 bits per heavy atom. The quantitative estimate of drug-likeness (QED) is 0.885. The lowest BCUT2D eigenvalue weighted by Crippen LogP contribution is -2.72. The van der Waals surface area contributed by atoms with Crippen molar-refractivity contribution in [3.8, 4) is 5.75 Å². The molecule has 2 aliphatic rings. The van der Waals surface area contributed by atoms with E-state index in [4.69, 9.17) is 9.47 Å². The predicted molar refractivity (Wildman–Crippen MR) is 88.9 cm³/mol. The highest BCUT2D eigenvalue weighted by Crippen LogP contribution is 2.49. The molecule has 4 atom stereocenters. The largest absolute Gasteiger partial charge is 0.462 e. The van der Waals surface area contributed by atoms with Crippen LogP contribution in [-0.4, -0.2) is 16.9 Å². The van der Waals surface area contributed by atoms with Crippen molar-refractivity contribution in [3.63, 3.8) is 0 Å². The molecule has 2 heterocycles. The van der Waals surface area contributed by atoms with Gasteiger partial charge in [0.25, 0.3) is 0 Å². The lowest BCUT2D eigenvalue weighted by molar-refractivity contribution is -0.277. The van der Waals surface area contributed by atoms with Gasteiger partial charge in [-0.3, -0.25) is 0 Å². The molecule has 3 heteroatoms. The molecule has 4 unspecified atom stereocenters. The molecule has 0 amide bonds. The number of rotatable bonds is 2. The summed E-state index contributed by atoms with van der Waals surface area (Å²) in [5.41, 5.74) is 1.19. The van der Waals surface area contributed by atoms with Crippen molar-refractivity contribution in [3.05, 3.63) is 29.8 Å². The second-order valence-corrected chi connectivity index (χ2v) is 7.52. The second kappa shape index (κ2) is 5.24. The number of benzene rings is 1. The molecule has 1 aromatic rings. The molecule has 1 fully saturated rings. The third-order valence-corrected chi connectivity index (χ3v) is 6.08. The van der Waals surface area contributed by atoms with Crippen LogP contribution in [0.2, 0.25) is 0 Å². The van der Waals surface area contributed by atoms with Crippen molar-refractivity contribution < 1.29 is 9.47 Å². The molecule has 0 aliphatic carbocycles. The van der Waals surface area contributed by atoms with E-state index in [1.807, 2.05) is 12.1 Å². The van der Waals surface area contributed by atoms with Gasteiger partial charge < -0.3 is 14.8 Å². The standard InChI is InChI=1S/C19H29NO2/c1-6-17(4)13-19(14(3)18(5,7-2)20-17)21-12-15-10-8-9-11-16(15)22-19/h8-11,14,20H,6-7,12-13H2,1-5H3. The van der Waals surface area contributed by atoms with Gasteiger partial charge in [-0.25, -0.2) is 0 Å². The van der Waals surface area contributed by atoms with E-state index in [9.17, 15) is 0 Å². The Labute approximate surface area is 134 Å². The molecule has 22 heavy (non-hydrogen) atoms. The van der Waals surface area contributed by atoms with E-state index in [0.717, 1.165) is 30.6 Å². The topological polar surface area (TPSA) is 30.5 Å². The zero-order valence-electron chi connectivity index (χ0n) is 14.5. The minimum Gasteiger partial charge on any atom is -0.462 e. The fraction of sp³-hybridized carbons (Fsp3) is 0.684. The van der Waals surface area contributed by atoms with Crippen LogP contribution in [0.25, 0.3) is 0 Å². The smallest absolute Gasteiger partial charge is 0.216 e. The summed E-state index contributed by atoms with van der Waals surface area (Å²) in [4.78, 5) is 0. The van der Waals surface area contributed by atoms with Crippen LogP contribution in [0.3, 0.4) is 0 Å². The molecule has 0 bridgehead atoms. The Balaban J connectivity index is 2.01. The lowest BCUT2D eigenvalue weighted by atomic mass is 9.67. The van der Waals surface area contributed by atoms with Crippen LogP contribution in [0.4, 0.5) is 0 Å². The van der Waals surface area contributed by atoms with E-state index in [0.29, 0.717) is 6.61 Å². The molecule has 1 N–H and O–H groups in total. The average Bonchev–Trinajstić information content (AvgIpc) is 2.52. The third kappa shape index (κ3) is 2.35. The van der Waals surface area contributed by atoms with Gasteiger partial charge in [0, 0.05) is 29.0 Å². The molecular formula is C19H29NO2. The van der Waals surface area contributed by atoms with Crippen LogP contribution in [0.15, 0.2) is 24.3 Å². The van der Waals surface area contributed by atoms with Gasteiger partial charge in [0.15, 0.2) is 0 Å². The van der Waals surface area contributed by atoms with Crippen molar-refractivity contribution in [1.29, 1.82) is 0 Å². The maximum atomic E-state index is 6.51. The summed E-state index contributed by atoms with van der Waals surface area (Å²) in [6, 6.07) is 8.25. The first-order chi connectivity index (χ1) is 10.4. The number of para-hydroxylation sites is 1. The maximum absolute atomic E-state index is 6.51. The van der Waals surface area contributed by atoms with E-state index < -0.39 is 5.79 Å². The highest BCUT2D eigenvalue weighted by atomic mass is 16.7. The van der Waals surface area contributed by atoms with Crippen molar-refractivity contribution in [2.45, 2.75) is 77.4 Å². The van der Waals surface area contributed by atoms with E-state index in [2.05, 4.69) is 52.1 Å². The zero-order chi connectivity index (χ0) is 16.0. The number of hydrogen-bond donors (Lipinski definition) is 1. The summed E-state index contributed by atoms with van der Waals surface area (Å²) in [6.07, 6.45) is 2.99. The molecule has 2 aliphatic heterocycles. The van der Waals surface area contributed by atoms with Crippen LogP contribution in [0, 0.1) is 5.92 Å². The van der Waals surface area contributed by atoms with E-state index >= 15 is 0 Å². The van der Waals surface area contributed by atoms with Gasteiger partial charge >= 0.3 is 0 Å². The summed E-state index contributed by atoms with van der Waals surface area (Å²) >= 11 is 0. The number of fused-ring (bicyclic) bond motifs is 1. The fourth-order valence-corrected chi connectivity index (χ4v) is 4.07. The minimum absolute atomic E-state index is 0.00922. The number of ether oxygens (including phenoxy) is 2. The summed E-state index contributed by atoms with van der Waals surface area (Å²) in [5, 5.41) is 3.89. The Kier molecular flexibility index (Phi) is 3.77. The molecule has 122 valence electrons. The van der Waals surface area contributed by atoms with Crippen molar-refractivity contribution in [1.82, 2.24) is 5.32 Å². The van der Waals surface area contributed by atoms with Crippen LogP contribution in [-0.2, 0) is 11.3 Å². The molecule has 3 nitrogen and oxygen atoms in total. The molecule has 0 saturated carbocycles. The summed E-state index contributed by atoms with van der Waals surface area (Å²) in [6.45, 7) is 12.0. The van der Waals surface area contributed by atoms with E-state index in [-0.39, 0.29) is 17.0 Å². The maximum Gasteiger partial charge on any atom is 0.216 e. The first kappa shape index (κ1) is 15.8. The molecule has 1 saturated heterocycles. The zero-order valence-corrected chi connectivity index (χ0v) is 14.5. The summed E-state index contributed by atoms with van der Waals surface area (Å²) in [7, 11) is 0. The minimum atomic E-state index is -0.533. The van der Waals surface area contributed by atoms with Crippen molar-refractivity contribution in [2.75, 3.05) is 0 Å². The summed E-state index contributed by atoms with van der Waals surface area (Å²) in [5.74, 6) is 0.729. The molecule has 1 spiro atoms. The first-order valence-corrected chi connectivity index (χ1v) is 8.57. The molecular weight excluding hydrogens is 274 g/mol. The van der Waals surface area contributed by atoms with Gasteiger partial charge in [0.05, 0.1) is 6.61 Å². The number of nitrogens with one attached hydrogen (secondary N) is 1. The normalized spacial score (nSPS) is 41.0. The Bertz CT molecular complexity index is 560. The van der Waals surface area contributed by atoms with Gasteiger partial charge in [-0.2, -0.15) is 0 Å². The Hall–Kier alpha value is -1.06. The van der Waals surface area contributed by atoms with Crippen LogP contribution >= 0.6 is 0 Å². The number of hydrogen-bond acceptors (Lipinski definition) is 3. The van der Waals surface area contributed by atoms with Crippen LogP contribution < -0.4 is 10.1 Å². The lowest BCUT2D eigenvalue weighted by Gasteiger charge is -2.59. The van der Waals surface area contributed by atoms with Gasteiger partial charge in [0.1, 0.15) is 5.75 Å². The molecule has 0 aromatic heterocycles.